The molecule has 11 nitrogen and oxygen atoms in total. The fourth-order valence-electron chi connectivity index (χ4n) is 3.69. The molecule has 0 saturated carbocycles. The molecule has 2 aromatic rings. The number of hydrogen-bond acceptors (Lipinski definition) is 6. The third kappa shape index (κ3) is 5.43. The summed E-state index contributed by atoms with van der Waals surface area (Å²) in [6.45, 7) is 3.59. The van der Waals surface area contributed by atoms with Gasteiger partial charge in [-0.3, -0.25) is 29.3 Å². The van der Waals surface area contributed by atoms with Crippen molar-refractivity contribution in [2.75, 3.05) is 20.1 Å². The lowest BCUT2D eigenvalue weighted by molar-refractivity contribution is -0.386. The van der Waals surface area contributed by atoms with Gasteiger partial charge < -0.3 is 20.1 Å². The smallest absolute Gasteiger partial charge is 0.332 e. The van der Waals surface area contributed by atoms with E-state index in [1.165, 1.54) is 15.7 Å². The molecule has 1 atom stereocenters. The van der Waals surface area contributed by atoms with E-state index in [9.17, 15) is 29.3 Å². The molecule has 1 aromatic heterocycles. The highest BCUT2D eigenvalue weighted by atomic mass is 16.6. The van der Waals surface area contributed by atoms with Crippen molar-refractivity contribution in [3.63, 3.8) is 0 Å². The lowest BCUT2D eigenvalue weighted by Crippen LogP contribution is -2.53. The summed E-state index contributed by atoms with van der Waals surface area (Å²) in [5.41, 5.74) is -1.02. The highest BCUT2D eigenvalue weighted by molar-refractivity contribution is 6.00. The van der Waals surface area contributed by atoms with E-state index in [-0.39, 0.29) is 31.4 Å². The van der Waals surface area contributed by atoms with Crippen LogP contribution in [0.4, 0.5) is 5.69 Å². The van der Waals surface area contributed by atoms with Crippen LogP contribution in [-0.2, 0) is 16.1 Å². The average Bonchev–Trinajstić information content (AvgIpc) is 2.75. The second-order valence-corrected chi connectivity index (χ2v) is 8.60. The molecule has 0 aliphatic carbocycles. The molecular weight excluding hydrogens is 430 g/mol. The topological polar surface area (TPSA) is 144 Å². The molecule has 0 bridgehead atoms. The Bertz CT molecular complexity index is 1170. The van der Waals surface area contributed by atoms with Crippen molar-refractivity contribution in [3.8, 4) is 0 Å². The van der Waals surface area contributed by atoms with Crippen molar-refractivity contribution in [2.45, 2.75) is 31.8 Å². The lowest BCUT2D eigenvalue weighted by Gasteiger charge is -2.32. The van der Waals surface area contributed by atoms with Gasteiger partial charge in [-0.15, -0.1) is 0 Å². The number of likely N-dealkylation sites (N-methyl/N-ethyl adjacent to an activating group) is 1. The fraction of sp³-hybridized carbons (Fsp3) is 0.364. The average molecular weight is 455 g/mol. The van der Waals surface area contributed by atoms with Gasteiger partial charge in [0.2, 0.25) is 11.8 Å². The van der Waals surface area contributed by atoms with Crippen molar-refractivity contribution in [2.24, 2.45) is 0 Å². The Hall–Kier alpha value is -4.02. The predicted molar refractivity (Wildman–Crippen MR) is 119 cm³/mol. The van der Waals surface area contributed by atoms with E-state index >= 15 is 0 Å². The molecule has 1 aliphatic heterocycles. The van der Waals surface area contributed by atoms with E-state index in [1.54, 1.807) is 45.2 Å². The van der Waals surface area contributed by atoms with Crippen LogP contribution in [0, 0.1) is 10.1 Å². The summed E-state index contributed by atoms with van der Waals surface area (Å²) in [6.07, 6.45) is 2.30. The SMILES string of the molecule is CN1CC(C(=O)NCC(C)(C)NC(=O)Cn2ccc(=O)c([N+](=O)[O-])c2)c2ccccc2C1=O. The Kier molecular flexibility index (Phi) is 6.61. The molecule has 2 N–H and O–H groups in total. The summed E-state index contributed by atoms with van der Waals surface area (Å²) < 4.78 is 1.25. The molecule has 3 rings (SSSR count). The van der Waals surface area contributed by atoms with Crippen LogP contribution in [0.3, 0.4) is 0 Å². The molecule has 3 amide bonds. The van der Waals surface area contributed by atoms with Crippen LogP contribution in [0.1, 0.15) is 35.7 Å². The van der Waals surface area contributed by atoms with Gasteiger partial charge in [0.05, 0.1) is 22.6 Å². The number of pyridine rings is 1. The van der Waals surface area contributed by atoms with E-state index in [2.05, 4.69) is 10.6 Å². The normalized spacial score (nSPS) is 15.5. The van der Waals surface area contributed by atoms with Gasteiger partial charge in [0.25, 0.3) is 11.3 Å². The quantitative estimate of drug-likeness (QED) is 0.463. The van der Waals surface area contributed by atoms with Crippen LogP contribution >= 0.6 is 0 Å². The van der Waals surface area contributed by atoms with Crippen LogP contribution in [0.2, 0.25) is 0 Å². The van der Waals surface area contributed by atoms with Crippen LogP contribution in [0.5, 0.6) is 0 Å². The van der Waals surface area contributed by atoms with Gasteiger partial charge in [-0.05, 0) is 25.5 Å². The minimum absolute atomic E-state index is 0.123. The number of benzene rings is 1. The van der Waals surface area contributed by atoms with E-state index in [0.717, 1.165) is 12.3 Å². The maximum absolute atomic E-state index is 12.9. The molecule has 2 heterocycles. The van der Waals surface area contributed by atoms with Crippen molar-refractivity contribution in [1.82, 2.24) is 20.1 Å². The summed E-state index contributed by atoms with van der Waals surface area (Å²) in [5.74, 6) is -1.37. The first-order valence-electron chi connectivity index (χ1n) is 10.3. The summed E-state index contributed by atoms with van der Waals surface area (Å²) >= 11 is 0. The molecule has 174 valence electrons. The third-order valence-corrected chi connectivity index (χ3v) is 5.35. The maximum atomic E-state index is 12.9. The summed E-state index contributed by atoms with van der Waals surface area (Å²) in [4.78, 5) is 60.8. The van der Waals surface area contributed by atoms with Gasteiger partial charge in [-0.25, -0.2) is 0 Å². The van der Waals surface area contributed by atoms with Crippen LogP contribution in [0.15, 0.2) is 47.5 Å². The first-order chi connectivity index (χ1) is 15.5. The molecule has 33 heavy (non-hydrogen) atoms. The Labute approximate surface area is 189 Å². The van der Waals surface area contributed by atoms with Gasteiger partial charge in [-0.1, -0.05) is 18.2 Å². The zero-order chi connectivity index (χ0) is 24.3. The minimum Gasteiger partial charge on any atom is -0.353 e. The predicted octanol–water partition coefficient (Wildman–Crippen LogP) is 0.637. The van der Waals surface area contributed by atoms with Gasteiger partial charge in [-0.2, -0.15) is 0 Å². The molecule has 0 spiro atoms. The van der Waals surface area contributed by atoms with Gasteiger partial charge in [0.15, 0.2) is 0 Å². The zero-order valence-corrected chi connectivity index (χ0v) is 18.5. The number of rotatable bonds is 7. The van der Waals surface area contributed by atoms with Crippen molar-refractivity contribution >= 4 is 23.4 Å². The Morgan fingerprint density at radius 2 is 1.91 bits per heavy atom. The van der Waals surface area contributed by atoms with Gasteiger partial charge >= 0.3 is 5.69 Å². The molecule has 0 saturated heterocycles. The number of hydrogen-bond donors (Lipinski definition) is 2. The van der Waals surface area contributed by atoms with E-state index in [4.69, 9.17) is 0 Å². The Morgan fingerprint density at radius 3 is 2.61 bits per heavy atom. The van der Waals surface area contributed by atoms with E-state index < -0.39 is 33.4 Å². The first-order valence-corrected chi connectivity index (χ1v) is 10.3. The summed E-state index contributed by atoms with van der Waals surface area (Å²) in [5, 5.41) is 16.5. The number of nitrogens with zero attached hydrogens (tertiary/aromatic N) is 3. The monoisotopic (exact) mass is 455 g/mol. The minimum atomic E-state index is -0.826. The van der Waals surface area contributed by atoms with Gasteiger partial charge in [0.1, 0.15) is 6.54 Å². The number of nitrogens with one attached hydrogen (secondary N) is 2. The standard InChI is InChI=1S/C22H25N5O6/c1-22(2,24-19(29)12-26-9-8-18(28)17(11-26)27(32)33)13-23-20(30)16-10-25(3)21(31)15-7-5-4-6-14(15)16/h4-9,11,16H,10,12-13H2,1-3H3,(H,23,30)(H,24,29). The first kappa shape index (κ1) is 23.6. The van der Waals surface area contributed by atoms with Crippen LogP contribution in [0.25, 0.3) is 0 Å². The van der Waals surface area contributed by atoms with E-state index in [1.807, 2.05) is 0 Å². The van der Waals surface area contributed by atoms with Crippen molar-refractivity contribution < 1.29 is 19.3 Å². The molecular formula is C22H25N5O6. The number of fused-ring (bicyclic) bond motifs is 1. The molecule has 11 heteroatoms. The van der Waals surface area contributed by atoms with Crippen molar-refractivity contribution in [3.05, 3.63) is 74.2 Å². The number of carbonyl (C=O) groups is 3. The molecule has 1 aliphatic rings. The number of carbonyl (C=O) groups excluding carboxylic acids is 3. The third-order valence-electron chi connectivity index (χ3n) is 5.35. The van der Waals surface area contributed by atoms with Crippen molar-refractivity contribution in [1.29, 1.82) is 0 Å². The van der Waals surface area contributed by atoms with Crippen LogP contribution < -0.4 is 16.1 Å². The summed E-state index contributed by atoms with van der Waals surface area (Å²) in [7, 11) is 1.64. The largest absolute Gasteiger partial charge is 0.353 e. The molecule has 0 radical (unpaired) electrons. The lowest BCUT2D eigenvalue weighted by atomic mass is 9.88. The zero-order valence-electron chi connectivity index (χ0n) is 18.5. The Balaban J connectivity index is 1.61. The second kappa shape index (κ2) is 9.23. The second-order valence-electron chi connectivity index (χ2n) is 8.60. The molecule has 0 fully saturated rings. The number of aromatic nitrogens is 1. The molecule has 1 aromatic carbocycles. The maximum Gasteiger partial charge on any atom is 0.332 e. The molecule has 1 unspecified atom stereocenters. The van der Waals surface area contributed by atoms with Gasteiger partial charge in [0, 0.05) is 38.0 Å². The number of nitro groups is 1. The number of amides is 3. The highest BCUT2D eigenvalue weighted by Gasteiger charge is 2.34. The Morgan fingerprint density at radius 1 is 1.21 bits per heavy atom. The highest BCUT2D eigenvalue weighted by Crippen LogP contribution is 2.27. The van der Waals surface area contributed by atoms with E-state index in [0.29, 0.717) is 11.1 Å². The summed E-state index contributed by atoms with van der Waals surface area (Å²) in [6, 6.07) is 8.02. The fourth-order valence-corrected chi connectivity index (χ4v) is 3.69. The van der Waals surface area contributed by atoms with Crippen LogP contribution in [-0.4, -0.2) is 57.8 Å².